The van der Waals surface area contributed by atoms with Crippen LogP contribution in [0.3, 0.4) is 0 Å². The number of nitrogens with zero attached hydrogens (tertiary/aromatic N) is 1. The summed E-state index contributed by atoms with van der Waals surface area (Å²) in [7, 11) is 0. The molecule has 0 radical (unpaired) electrons. The number of Topliss-reactive ketones (excluding diaryl/α,β-unsaturated/α-hetero) is 1. The van der Waals surface area contributed by atoms with Gasteiger partial charge in [-0.1, -0.05) is 11.8 Å². The second-order valence-corrected chi connectivity index (χ2v) is 4.88. The van der Waals surface area contributed by atoms with Crippen LogP contribution in [-0.4, -0.2) is 10.4 Å². The van der Waals surface area contributed by atoms with Crippen molar-refractivity contribution < 1.29 is 4.79 Å². The van der Waals surface area contributed by atoms with Gasteiger partial charge in [-0.2, -0.15) is 11.3 Å². The Hall–Kier alpha value is -1.79. The third-order valence-corrected chi connectivity index (χ3v) is 3.54. The van der Waals surface area contributed by atoms with Gasteiger partial charge in [-0.05, 0) is 23.9 Å². The average molecular weight is 241 g/mol. The number of aromatic nitrogens is 1. The number of carbonyl (C=O) groups is 1. The molecule has 2 aromatic rings. The lowest BCUT2D eigenvalue weighted by Crippen LogP contribution is -2.14. The molecule has 1 aliphatic rings. The summed E-state index contributed by atoms with van der Waals surface area (Å²) < 4.78 is 2.02. The Morgan fingerprint density at radius 3 is 2.94 bits per heavy atom. The molecule has 3 heteroatoms. The summed E-state index contributed by atoms with van der Waals surface area (Å²) >= 11 is 1.64. The molecule has 1 aliphatic heterocycles. The molecule has 84 valence electrons. The zero-order valence-corrected chi connectivity index (χ0v) is 10.1. The van der Waals surface area contributed by atoms with E-state index in [1.54, 1.807) is 11.3 Å². The monoisotopic (exact) mass is 241 g/mol. The van der Waals surface area contributed by atoms with Crippen LogP contribution in [0, 0.1) is 11.8 Å². The van der Waals surface area contributed by atoms with Crippen LogP contribution < -0.4 is 0 Å². The van der Waals surface area contributed by atoms with Gasteiger partial charge in [0, 0.05) is 35.7 Å². The Balaban J connectivity index is 1.92. The summed E-state index contributed by atoms with van der Waals surface area (Å²) in [6, 6.07) is 3.90. The van der Waals surface area contributed by atoms with Gasteiger partial charge in [-0.25, -0.2) is 0 Å². The summed E-state index contributed by atoms with van der Waals surface area (Å²) in [5, 5.41) is 4.03. The summed E-state index contributed by atoms with van der Waals surface area (Å²) in [5.41, 5.74) is 2.78. The van der Waals surface area contributed by atoms with Crippen LogP contribution >= 0.6 is 11.3 Å². The quantitative estimate of drug-likeness (QED) is 0.650. The first-order valence-electron chi connectivity index (χ1n) is 5.60. The van der Waals surface area contributed by atoms with Crippen molar-refractivity contribution in [2.24, 2.45) is 0 Å². The molecule has 0 N–H and O–H groups in total. The highest BCUT2D eigenvalue weighted by Gasteiger charge is 2.17. The van der Waals surface area contributed by atoms with Crippen molar-refractivity contribution in [2.75, 3.05) is 0 Å². The van der Waals surface area contributed by atoms with Gasteiger partial charge in [0.2, 0.25) is 0 Å². The molecule has 3 heterocycles. The number of carbonyl (C=O) groups excluding carboxylic acids is 1. The molecule has 0 amide bonds. The Bertz CT molecular complexity index is 610. The topological polar surface area (TPSA) is 22.0 Å². The molecule has 0 bridgehead atoms. The van der Waals surface area contributed by atoms with E-state index in [1.807, 2.05) is 33.7 Å². The first-order chi connectivity index (χ1) is 8.33. The molecule has 0 aromatic carbocycles. The fraction of sp³-hybridized carbons (Fsp3) is 0.214. The van der Waals surface area contributed by atoms with Crippen molar-refractivity contribution >= 4 is 17.1 Å². The molecule has 0 atom stereocenters. The number of fused-ring (bicyclic) bond motifs is 1. The molecule has 0 unspecified atom stereocenters. The van der Waals surface area contributed by atoms with Gasteiger partial charge >= 0.3 is 0 Å². The van der Waals surface area contributed by atoms with E-state index >= 15 is 0 Å². The molecule has 0 saturated heterocycles. The lowest BCUT2D eigenvalue weighted by Gasteiger charge is -2.12. The summed E-state index contributed by atoms with van der Waals surface area (Å²) in [6.07, 6.45) is 3.59. The molecule has 17 heavy (non-hydrogen) atoms. The molecule has 0 aliphatic carbocycles. The van der Waals surface area contributed by atoms with Gasteiger partial charge in [-0.3, -0.25) is 4.79 Å². The van der Waals surface area contributed by atoms with Gasteiger partial charge in [0.1, 0.15) is 0 Å². The smallest absolute Gasteiger partial charge is 0.179 e. The Kier molecular flexibility index (Phi) is 2.58. The van der Waals surface area contributed by atoms with E-state index in [0.29, 0.717) is 6.42 Å². The van der Waals surface area contributed by atoms with Crippen molar-refractivity contribution in [3.63, 3.8) is 0 Å². The minimum absolute atomic E-state index is 0.236. The standard InChI is InChI=1S/C14H11NOS/c16-14-2-1-6-15-9-12(8-13(14)15)4-3-11-5-7-17-10-11/h5,7-10H,1-2,6H2. The second-order valence-electron chi connectivity index (χ2n) is 4.10. The molecular weight excluding hydrogens is 230 g/mol. The Morgan fingerprint density at radius 2 is 2.18 bits per heavy atom. The summed E-state index contributed by atoms with van der Waals surface area (Å²) in [4.78, 5) is 11.7. The van der Waals surface area contributed by atoms with Crippen LogP contribution in [-0.2, 0) is 6.54 Å². The molecule has 0 saturated carbocycles. The number of hydrogen-bond donors (Lipinski definition) is 0. The molecule has 2 aromatic heterocycles. The minimum Gasteiger partial charge on any atom is -0.344 e. The van der Waals surface area contributed by atoms with Crippen LogP contribution in [0.5, 0.6) is 0 Å². The van der Waals surface area contributed by atoms with Crippen LogP contribution in [0.2, 0.25) is 0 Å². The minimum atomic E-state index is 0.236. The fourth-order valence-electron chi connectivity index (χ4n) is 2.02. The van der Waals surface area contributed by atoms with Gasteiger partial charge in [0.25, 0.3) is 0 Å². The number of rotatable bonds is 0. The van der Waals surface area contributed by atoms with E-state index in [-0.39, 0.29) is 5.78 Å². The summed E-state index contributed by atoms with van der Waals surface area (Å²) in [6.45, 7) is 0.932. The van der Waals surface area contributed by atoms with E-state index < -0.39 is 0 Å². The molecule has 0 spiro atoms. The lowest BCUT2D eigenvalue weighted by molar-refractivity contribution is 0.0955. The van der Waals surface area contributed by atoms with Crippen molar-refractivity contribution in [2.45, 2.75) is 19.4 Å². The van der Waals surface area contributed by atoms with Gasteiger partial charge < -0.3 is 4.57 Å². The second kappa shape index (κ2) is 4.23. The maximum absolute atomic E-state index is 11.7. The summed E-state index contributed by atoms with van der Waals surface area (Å²) in [5.74, 6) is 6.45. The van der Waals surface area contributed by atoms with Crippen molar-refractivity contribution in [1.82, 2.24) is 4.57 Å². The van der Waals surface area contributed by atoms with E-state index in [9.17, 15) is 4.79 Å². The first kappa shape index (κ1) is 10.4. The van der Waals surface area contributed by atoms with Crippen LogP contribution in [0.15, 0.2) is 29.1 Å². The van der Waals surface area contributed by atoms with Crippen molar-refractivity contribution in [3.8, 4) is 11.8 Å². The molecular formula is C14H11NOS. The predicted octanol–water partition coefficient (Wildman–Crippen LogP) is 2.93. The maximum Gasteiger partial charge on any atom is 0.179 e. The SMILES string of the molecule is O=C1CCCn2cc(C#Cc3ccsc3)cc21. The van der Waals surface area contributed by atoms with Crippen LogP contribution in [0.25, 0.3) is 0 Å². The predicted molar refractivity (Wildman–Crippen MR) is 68.3 cm³/mol. The zero-order chi connectivity index (χ0) is 11.7. The van der Waals surface area contributed by atoms with Crippen LogP contribution in [0.4, 0.5) is 0 Å². The highest BCUT2D eigenvalue weighted by Crippen LogP contribution is 2.17. The van der Waals surface area contributed by atoms with Crippen molar-refractivity contribution in [3.05, 3.63) is 45.9 Å². The highest BCUT2D eigenvalue weighted by atomic mass is 32.1. The lowest BCUT2D eigenvalue weighted by atomic mass is 10.1. The third kappa shape index (κ3) is 2.04. The van der Waals surface area contributed by atoms with E-state index in [1.165, 1.54) is 0 Å². The zero-order valence-electron chi connectivity index (χ0n) is 9.27. The largest absolute Gasteiger partial charge is 0.344 e. The number of thiophene rings is 1. The normalized spacial score (nSPS) is 14.0. The number of ketones is 1. The van der Waals surface area contributed by atoms with E-state index in [2.05, 4.69) is 11.8 Å². The van der Waals surface area contributed by atoms with Crippen LogP contribution in [0.1, 0.15) is 34.5 Å². The molecule has 0 fully saturated rings. The third-order valence-electron chi connectivity index (χ3n) is 2.86. The number of hydrogen-bond acceptors (Lipinski definition) is 2. The highest BCUT2D eigenvalue weighted by molar-refractivity contribution is 7.08. The fourth-order valence-corrected chi connectivity index (χ4v) is 2.60. The number of aryl methyl sites for hydroxylation is 1. The van der Waals surface area contributed by atoms with Gasteiger partial charge in [0.15, 0.2) is 5.78 Å². The molecule has 2 nitrogen and oxygen atoms in total. The van der Waals surface area contributed by atoms with Crippen molar-refractivity contribution in [1.29, 1.82) is 0 Å². The van der Waals surface area contributed by atoms with E-state index in [4.69, 9.17) is 0 Å². The average Bonchev–Trinajstić information content (AvgIpc) is 2.95. The van der Waals surface area contributed by atoms with Gasteiger partial charge in [0.05, 0.1) is 5.69 Å². The maximum atomic E-state index is 11.7. The first-order valence-corrected chi connectivity index (χ1v) is 6.55. The Labute approximate surface area is 104 Å². The van der Waals surface area contributed by atoms with Gasteiger partial charge in [-0.15, -0.1) is 0 Å². The molecule has 3 rings (SSSR count). The van der Waals surface area contributed by atoms with E-state index in [0.717, 1.165) is 29.8 Å². The Morgan fingerprint density at radius 1 is 1.29 bits per heavy atom.